The highest BCUT2D eigenvalue weighted by Crippen LogP contribution is 2.35. The Bertz CT molecular complexity index is 899. The van der Waals surface area contributed by atoms with Crippen LogP contribution in [0.2, 0.25) is 0 Å². The lowest BCUT2D eigenvalue weighted by molar-refractivity contribution is -0.120. The molecule has 0 bridgehead atoms. The fraction of sp³-hybridized carbons (Fsp3) is 0.105. The Morgan fingerprint density at radius 3 is 2.37 bits per heavy atom. The van der Waals surface area contributed by atoms with Crippen molar-refractivity contribution < 1.29 is 14.3 Å². The largest absolute Gasteiger partial charge is 0.481 e. The molecular weight excluding hydrogens is 478 g/mol. The van der Waals surface area contributed by atoms with Gasteiger partial charge in [0.25, 0.3) is 11.8 Å². The number of ether oxygens (including phenoxy) is 1. The van der Waals surface area contributed by atoms with E-state index in [2.05, 4.69) is 37.2 Å². The second-order valence-electron chi connectivity index (χ2n) is 5.41. The number of nitrogens with one attached hydrogen (secondary N) is 1. The highest BCUT2D eigenvalue weighted by Gasteiger charge is 2.12. The summed E-state index contributed by atoms with van der Waals surface area (Å²) in [5.41, 5.74) is 6.58. The Kier molecular flexibility index (Phi) is 7.58. The molecule has 2 amide bonds. The molecular formula is C19H15Br2N3O3. The van der Waals surface area contributed by atoms with Crippen LogP contribution in [0.25, 0.3) is 6.08 Å². The van der Waals surface area contributed by atoms with Gasteiger partial charge in [0.05, 0.1) is 8.95 Å². The molecule has 0 aromatic heterocycles. The van der Waals surface area contributed by atoms with Crippen LogP contribution in [0, 0.1) is 11.3 Å². The van der Waals surface area contributed by atoms with Crippen LogP contribution in [0.15, 0.2) is 57.0 Å². The number of hydrogen-bond donors (Lipinski definition) is 2. The van der Waals surface area contributed by atoms with Crippen molar-refractivity contribution in [3.05, 3.63) is 68.1 Å². The first-order valence-electron chi connectivity index (χ1n) is 7.74. The molecule has 27 heavy (non-hydrogen) atoms. The van der Waals surface area contributed by atoms with Gasteiger partial charge in [-0.2, -0.15) is 5.26 Å². The van der Waals surface area contributed by atoms with E-state index in [0.29, 0.717) is 26.8 Å². The van der Waals surface area contributed by atoms with Crippen molar-refractivity contribution in [2.75, 3.05) is 6.61 Å². The monoisotopic (exact) mass is 491 g/mol. The van der Waals surface area contributed by atoms with Crippen LogP contribution in [-0.4, -0.2) is 18.4 Å². The van der Waals surface area contributed by atoms with E-state index in [4.69, 9.17) is 10.5 Å². The third kappa shape index (κ3) is 6.24. The van der Waals surface area contributed by atoms with Gasteiger partial charge in [-0.15, -0.1) is 0 Å². The Balaban J connectivity index is 2.15. The summed E-state index contributed by atoms with van der Waals surface area (Å²) < 4.78 is 6.41. The molecule has 2 aromatic carbocycles. The number of nitrogens with two attached hydrogens (primary N) is 1. The van der Waals surface area contributed by atoms with Gasteiger partial charge in [-0.05, 0) is 61.2 Å². The van der Waals surface area contributed by atoms with Gasteiger partial charge in [0.15, 0.2) is 6.61 Å². The van der Waals surface area contributed by atoms with E-state index >= 15 is 0 Å². The first-order chi connectivity index (χ1) is 12.9. The minimum atomic E-state index is -0.598. The van der Waals surface area contributed by atoms with Crippen molar-refractivity contribution in [1.82, 2.24) is 5.32 Å². The van der Waals surface area contributed by atoms with Crippen LogP contribution in [-0.2, 0) is 16.1 Å². The number of nitrogens with zero attached hydrogens (tertiary/aromatic N) is 1. The van der Waals surface area contributed by atoms with Gasteiger partial charge in [0, 0.05) is 6.54 Å². The lowest BCUT2D eigenvalue weighted by Gasteiger charge is -2.10. The van der Waals surface area contributed by atoms with Gasteiger partial charge >= 0.3 is 0 Å². The SMILES string of the molecule is N#C/C(=C\c1cc(Br)c(OCC(N)=O)c(Br)c1)C(=O)NCc1ccccc1. The predicted molar refractivity (Wildman–Crippen MR) is 108 cm³/mol. The minimum absolute atomic E-state index is 0.0319. The van der Waals surface area contributed by atoms with Gasteiger partial charge in [-0.3, -0.25) is 9.59 Å². The van der Waals surface area contributed by atoms with Crippen molar-refractivity contribution in [3.8, 4) is 11.8 Å². The predicted octanol–water partition coefficient (Wildman–Crippen LogP) is 3.30. The minimum Gasteiger partial charge on any atom is -0.481 e. The van der Waals surface area contributed by atoms with E-state index < -0.39 is 11.8 Å². The molecule has 0 saturated heterocycles. The van der Waals surface area contributed by atoms with Crippen LogP contribution in [0.5, 0.6) is 5.75 Å². The van der Waals surface area contributed by atoms with Crippen molar-refractivity contribution >= 4 is 49.8 Å². The summed E-state index contributed by atoms with van der Waals surface area (Å²) >= 11 is 6.68. The molecule has 0 aliphatic heterocycles. The molecule has 2 rings (SSSR count). The van der Waals surface area contributed by atoms with E-state index in [0.717, 1.165) is 5.56 Å². The zero-order valence-electron chi connectivity index (χ0n) is 14.0. The molecule has 0 spiro atoms. The smallest absolute Gasteiger partial charge is 0.262 e. The number of carbonyl (C=O) groups excluding carboxylic acids is 2. The van der Waals surface area contributed by atoms with Gasteiger partial charge in [0.2, 0.25) is 0 Å². The zero-order chi connectivity index (χ0) is 19.8. The Labute approximate surface area is 173 Å². The normalized spacial score (nSPS) is 10.8. The van der Waals surface area contributed by atoms with E-state index in [9.17, 15) is 14.9 Å². The quantitative estimate of drug-likeness (QED) is 0.456. The Hall–Kier alpha value is -2.63. The first-order valence-corrected chi connectivity index (χ1v) is 9.33. The van der Waals surface area contributed by atoms with Gasteiger partial charge < -0.3 is 15.8 Å². The molecule has 0 heterocycles. The number of rotatable bonds is 7. The highest BCUT2D eigenvalue weighted by molar-refractivity contribution is 9.11. The zero-order valence-corrected chi connectivity index (χ0v) is 17.2. The maximum atomic E-state index is 12.3. The van der Waals surface area contributed by atoms with Gasteiger partial charge in [0.1, 0.15) is 17.4 Å². The van der Waals surface area contributed by atoms with Crippen molar-refractivity contribution in [1.29, 1.82) is 5.26 Å². The second-order valence-corrected chi connectivity index (χ2v) is 7.12. The number of carbonyl (C=O) groups is 2. The summed E-state index contributed by atoms with van der Waals surface area (Å²) in [6.45, 7) is 0.0592. The molecule has 0 aliphatic rings. The lowest BCUT2D eigenvalue weighted by atomic mass is 10.1. The first kappa shape index (κ1) is 20.7. The average Bonchev–Trinajstić information content (AvgIpc) is 2.64. The van der Waals surface area contributed by atoms with Crippen LogP contribution in [0.1, 0.15) is 11.1 Å². The van der Waals surface area contributed by atoms with Gasteiger partial charge in [-0.25, -0.2) is 0 Å². The fourth-order valence-electron chi connectivity index (χ4n) is 2.13. The molecule has 0 aliphatic carbocycles. The lowest BCUT2D eigenvalue weighted by Crippen LogP contribution is -2.23. The molecule has 2 aromatic rings. The number of benzene rings is 2. The fourth-order valence-corrected chi connectivity index (χ4v) is 3.58. The van der Waals surface area contributed by atoms with E-state index in [1.807, 2.05) is 36.4 Å². The van der Waals surface area contributed by atoms with Crippen molar-refractivity contribution in [2.24, 2.45) is 5.73 Å². The highest BCUT2D eigenvalue weighted by atomic mass is 79.9. The molecule has 0 radical (unpaired) electrons. The van der Waals surface area contributed by atoms with Crippen molar-refractivity contribution in [2.45, 2.75) is 6.54 Å². The van der Waals surface area contributed by atoms with E-state index in [-0.39, 0.29) is 12.2 Å². The summed E-state index contributed by atoms with van der Waals surface area (Å²) in [5, 5.41) is 12.0. The molecule has 8 heteroatoms. The molecule has 0 atom stereocenters. The van der Waals surface area contributed by atoms with Crippen LogP contribution in [0.3, 0.4) is 0 Å². The molecule has 138 valence electrons. The second kappa shape index (κ2) is 9.90. The molecule has 3 N–H and O–H groups in total. The molecule has 0 saturated carbocycles. The van der Waals surface area contributed by atoms with Crippen LogP contribution < -0.4 is 15.8 Å². The summed E-state index contributed by atoms with van der Waals surface area (Å²) in [6.07, 6.45) is 1.47. The third-order valence-corrected chi connectivity index (χ3v) is 4.53. The summed E-state index contributed by atoms with van der Waals surface area (Å²) in [6, 6.07) is 14.6. The van der Waals surface area contributed by atoms with Gasteiger partial charge in [-0.1, -0.05) is 30.3 Å². The average molecular weight is 493 g/mol. The molecule has 6 nitrogen and oxygen atoms in total. The van der Waals surface area contributed by atoms with E-state index in [1.165, 1.54) is 6.08 Å². The topological polar surface area (TPSA) is 105 Å². The summed E-state index contributed by atoms with van der Waals surface area (Å²) in [5.74, 6) is -0.666. The number of halogens is 2. The van der Waals surface area contributed by atoms with Crippen LogP contribution >= 0.6 is 31.9 Å². The molecule has 0 fully saturated rings. The third-order valence-electron chi connectivity index (χ3n) is 3.35. The molecule has 0 unspecified atom stereocenters. The standard InChI is InChI=1S/C19H15Br2N3O3/c20-15-7-13(8-16(21)18(15)27-11-17(23)25)6-14(9-22)19(26)24-10-12-4-2-1-3-5-12/h1-8H,10-11H2,(H2,23,25)(H,24,26)/b14-6+. The maximum absolute atomic E-state index is 12.3. The summed E-state index contributed by atoms with van der Waals surface area (Å²) in [7, 11) is 0. The number of hydrogen-bond acceptors (Lipinski definition) is 4. The Morgan fingerprint density at radius 1 is 1.19 bits per heavy atom. The van der Waals surface area contributed by atoms with E-state index in [1.54, 1.807) is 12.1 Å². The number of primary amides is 1. The number of amides is 2. The maximum Gasteiger partial charge on any atom is 0.262 e. The summed E-state index contributed by atoms with van der Waals surface area (Å²) in [4.78, 5) is 23.1. The van der Waals surface area contributed by atoms with Crippen molar-refractivity contribution in [3.63, 3.8) is 0 Å². The van der Waals surface area contributed by atoms with Crippen LogP contribution in [0.4, 0.5) is 0 Å². The Morgan fingerprint density at radius 2 is 1.81 bits per heavy atom. The number of nitriles is 1.